The predicted octanol–water partition coefficient (Wildman–Crippen LogP) is 2.58. The average molecular weight is 329 g/mol. The smallest absolute Gasteiger partial charge is 0.247 e. The molecule has 7 heteroatoms. The number of benzene rings is 1. The molecule has 0 N–H and O–H groups in total. The quantitative estimate of drug-likeness (QED) is 0.861. The Kier molecular flexibility index (Phi) is 3.84. The van der Waals surface area contributed by atoms with E-state index in [9.17, 15) is 4.79 Å². The monoisotopic (exact) mass is 329 g/mol. The Morgan fingerprint density at radius 1 is 1.29 bits per heavy atom. The van der Waals surface area contributed by atoms with Crippen molar-refractivity contribution in [3.05, 3.63) is 24.1 Å². The summed E-state index contributed by atoms with van der Waals surface area (Å²) in [6.45, 7) is 3.58. The second kappa shape index (κ2) is 6.14. The van der Waals surface area contributed by atoms with Crippen LogP contribution in [0.15, 0.2) is 22.6 Å². The molecule has 3 heterocycles. The Bertz CT molecular complexity index is 758. The van der Waals surface area contributed by atoms with Crippen molar-refractivity contribution in [3.8, 4) is 23.0 Å². The van der Waals surface area contributed by atoms with Gasteiger partial charge in [0.15, 0.2) is 11.5 Å². The molecule has 0 radical (unpaired) electrons. The van der Waals surface area contributed by atoms with Gasteiger partial charge >= 0.3 is 0 Å². The highest BCUT2D eigenvalue weighted by Crippen LogP contribution is 2.36. The van der Waals surface area contributed by atoms with Crippen LogP contribution >= 0.6 is 0 Å². The minimum atomic E-state index is 0.101. The van der Waals surface area contributed by atoms with Crippen LogP contribution in [-0.2, 0) is 4.79 Å². The van der Waals surface area contributed by atoms with Crippen LogP contribution in [0.4, 0.5) is 0 Å². The number of nitrogens with zero attached hydrogens (tertiary/aromatic N) is 3. The Morgan fingerprint density at radius 2 is 2.17 bits per heavy atom. The summed E-state index contributed by atoms with van der Waals surface area (Å²) in [7, 11) is 0. The molecule has 1 aromatic carbocycles. The maximum absolute atomic E-state index is 11.9. The molecular weight excluding hydrogens is 310 g/mol. The number of carbonyl (C=O) groups is 1. The largest absolute Gasteiger partial charge is 0.454 e. The van der Waals surface area contributed by atoms with Crippen molar-refractivity contribution in [1.29, 1.82) is 0 Å². The van der Waals surface area contributed by atoms with Gasteiger partial charge in [-0.3, -0.25) is 4.79 Å². The van der Waals surface area contributed by atoms with Crippen molar-refractivity contribution in [2.45, 2.75) is 32.1 Å². The maximum atomic E-state index is 11.9. The molecule has 2 aliphatic heterocycles. The molecule has 126 valence electrons. The van der Waals surface area contributed by atoms with E-state index >= 15 is 0 Å². The van der Waals surface area contributed by atoms with E-state index in [1.807, 2.05) is 30.0 Å². The van der Waals surface area contributed by atoms with Crippen LogP contribution in [0.1, 0.15) is 38.0 Å². The van der Waals surface area contributed by atoms with Gasteiger partial charge in [-0.15, -0.1) is 10.2 Å². The summed E-state index contributed by atoms with van der Waals surface area (Å²) in [6.07, 6.45) is 2.44. The molecule has 0 bridgehead atoms. The number of hydrogen-bond acceptors (Lipinski definition) is 6. The molecule has 0 aliphatic carbocycles. The molecule has 1 unspecified atom stereocenters. The fraction of sp³-hybridized carbons (Fsp3) is 0.471. The highest BCUT2D eigenvalue weighted by atomic mass is 16.7. The first-order valence-electron chi connectivity index (χ1n) is 8.26. The zero-order valence-corrected chi connectivity index (χ0v) is 13.5. The summed E-state index contributed by atoms with van der Waals surface area (Å²) in [4.78, 5) is 13.8. The van der Waals surface area contributed by atoms with Gasteiger partial charge in [0.25, 0.3) is 0 Å². The predicted molar refractivity (Wildman–Crippen MR) is 84.7 cm³/mol. The molecule has 2 aliphatic rings. The van der Waals surface area contributed by atoms with E-state index in [-0.39, 0.29) is 18.6 Å². The number of ether oxygens (including phenoxy) is 2. The van der Waals surface area contributed by atoms with E-state index in [0.29, 0.717) is 30.5 Å². The fourth-order valence-corrected chi connectivity index (χ4v) is 3.17. The lowest BCUT2D eigenvalue weighted by molar-refractivity contribution is -0.132. The summed E-state index contributed by atoms with van der Waals surface area (Å²) in [5, 5.41) is 8.36. The molecule has 4 rings (SSSR count). The number of piperidine rings is 1. The Balaban J connectivity index is 1.53. The lowest BCUT2D eigenvalue weighted by atomic mass is 9.98. The van der Waals surface area contributed by atoms with Crippen molar-refractivity contribution in [3.63, 3.8) is 0 Å². The second-order valence-electron chi connectivity index (χ2n) is 6.05. The maximum Gasteiger partial charge on any atom is 0.247 e. The summed E-state index contributed by atoms with van der Waals surface area (Å²) in [6, 6.07) is 5.55. The van der Waals surface area contributed by atoms with Gasteiger partial charge in [-0.05, 0) is 31.0 Å². The molecule has 1 atom stereocenters. The van der Waals surface area contributed by atoms with E-state index in [4.69, 9.17) is 13.9 Å². The van der Waals surface area contributed by atoms with Crippen LogP contribution in [0.2, 0.25) is 0 Å². The zero-order valence-electron chi connectivity index (χ0n) is 13.5. The van der Waals surface area contributed by atoms with Crippen LogP contribution in [0.3, 0.4) is 0 Å². The van der Waals surface area contributed by atoms with Gasteiger partial charge in [-0.2, -0.15) is 0 Å². The highest BCUT2D eigenvalue weighted by Gasteiger charge is 2.28. The molecule has 1 aromatic heterocycles. The van der Waals surface area contributed by atoms with Gasteiger partial charge in [0, 0.05) is 25.1 Å². The molecule has 24 heavy (non-hydrogen) atoms. The van der Waals surface area contributed by atoms with Crippen molar-refractivity contribution in [2.24, 2.45) is 0 Å². The molecule has 1 amide bonds. The first kappa shape index (κ1) is 15.0. The molecule has 1 fully saturated rings. The van der Waals surface area contributed by atoms with Gasteiger partial charge in [0.2, 0.25) is 24.5 Å². The molecular formula is C17H19N3O4. The van der Waals surface area contributed by atoms with Crippen molar-refractivity contribution < 1.29 is 18.7 Å². The minimum absolute atomic E-state index is 0.101. The number of likely N-dealkylation sites (tertiary alicyclic amines) is 1. The third kappa shape index (κ3) is 2.70. The molecule has 0 saturated carbocycles. The fourth-order valence-electron chi connectivity index (χ4n) is 3.17. The van der Waals surface area contributed by atoms with E-state index in [2.05, 4.69) is 10.2 Å². The molecule has 0 spiro atoms. The number of rotatable bonds is 3. The summed E-state index contributed by atoms with van der Waals surface area (Å²) in [5.41, 5.74) is 0.801. The first-order chi connectivity index (χ1) is 11.7. The van der Waals surface area contributed by atoms with Crippen LogP contribution < -0.4 is 9.47 Å². The summed E-state index contributed by atoms with van der Waals surface area (Å²) < 4.78 is 16.6. The lowest BCUT2D eigenvalue weighted by Crippen LogP contribution is -2.38. The Hall–Kier alpha value is -2.57. The normalized spacial score (nSPS) is 19.5. The number of hydrogen-bond donors (Lipinski definition) is 0. The van der Waals surface area contributed by atoms with Crippen LogP contribution in [0.5, 0.6) is 11.5 Å². The number of carbonyl (C=O) groups excluding carboxylic acids is 1. The van der Waals surface area contributed by atoms with Crippen molar-refractivity contribution in [1.82, 2.24) is 15.1 Å². The molecule has 7 nitrogen and oxygen atoms in total. The van der Waals surface area contributed by atoms with Gasteiger partial charge in [-0.1, -0.05) is 6.92 Å². The van der Waals surface area contributed by atoms with Gasteiger partial charge in [-0.25, -0.2) is 0 Å². The van der Waals surface area contributed by atoms with Crippen molar-refractivity contribution in [2.75, 3.05) is 19.9 Å². The van der Waals surface area contributed by atoms with Crippen LogP contribution in [0, 0.1) is 0 Å². The van der Waals surface area contributed by atoms with Crippen molar-refractivity contribution >= 4 is 5.91 Å². The van der Waals surface area contributed by atoms with Crippen LogP contribution in [-0.4, -0.2) is 40.9 Å². The summed E-state index contributed by atoms with van der Waals surface area (Å²) >= 11 is 0. The zero-order chi connectivity index (χ0) is 16.5. The van der Waals surface area contributed by atoms with Gasteiger partial charge in [0.1, 0.15) is 0 Å². The first-order valence-corrected chi connectivity index (χ1v) is 8.26. The Labute approximate surface area is 139 Å². The molecule has 1 saturated heterocycles. The highest BCUT2D eigenvalue weighted by molar-refractivity contribution is 5.76. The number of fused-ring (bicyclic) bond motifs is 1. The second-order valence-corrected chi connectivity index (χ2v) is 6.05. The topological polar surface area (TPSA) is 77.7 Å². The summed E-state index contributed by atoms with van der Waals surface area (Å²) in [5.74, 6) is 2.74. The van der Waals surface area contributed by atoms with Gasteiger partial charge in [0.05, 0.1) is 5.92 Å². The SMILES string of the molecule is CCC(=O)N1CCCC(c2nnc(-c3ccc4c(c3)OCO4)o2)C1. The third-order valence-corrected chi connectivity index (χ3v) is 4.49. The number of aromatic nitrogens is 2. The lowest BCUT2D eigenvalue weighted by Gasteiger charge is -2.30. The van der Waals surface area contributed by atoms with E-state index in [0.717, 1.165) is 30.7 Å². The van der Waals surface area contributed by atoms with Gasteiger partial charge < -0.3 is 18.8 Å². The standard InChI is InChI=1S/C17H19N3O4/c1-2-15(21)20-7-3-4-12(9-20)17-19-18-16(24-17)11-5-6-13-14(8-11)23-10-22-13/h5-6,8,12H,2-4,7,9-10H2,1H3. The van der Waals surface area contributed by atoms with E-state index < -0.39 is 0 Å². The molecule has 2 aromatic rings. The van der Waals surface area contributed by atoms with E-state index in [1.165, 1.54) is 0 Å². The van der Waals surface area contributed by atoms with Crippen LogP contribution in [0.25, 0.3) is 11.5 Å². The number of amides is 1. The third-order valence-electron chi connectivity index (χ3n) is 4.49. The van der Waals surface area contributed by atoms with E-state index in [1.54, 1.807) is 0 Å². The Morgan fingerprint density at radius 3 is 3.04 bits per heavy atom. The average Bonchev–Trinajstić information content (AvgIpc) is 3.29. The minimum Gasteiger partial charge on any atom is -0.454 e.